The van der Waals surface area contributed by atoms with E-state index in [1.54, 1.807) is 13.0 Å². The van der Waals surface area contributed by atoms with Crippen LogP contribution >= 0.6 is 15.9 Å². The highest BCUT2D eigenvalue weighted by Gasteiger charge is 2.29. The average molecular weight is 361 g/mol. The lowest BCUT2D eigenvalue weighted by molar-refractivity contribution is -0.141. The third-order valence-corrected chi connectivity index (χ3v) is 3.29. The molecule has 116 valence electrons. The number of nitrogens with zero attached hydrogens (tertiary/aromatic N) is 1. The van der Waals surface area contributed by atoms with Crippen LogP contribution in [-0.2, 0) is 9.59 Å². The van der Waals surface area contributed by atoms with Crippen molar-refractivity contribution in [3.63, 3.8) is 0 Å². The first-order valence-electron chi connectivity index (χ1n) is 6.28. The molecule has 1 rings (SSSR count). The molecule has 7 nitrogen and oxygen atoms in total. The van der Waals surface area contributed by atoms with Crippen molar-refractivity contribution >= 4 is 33.7 Å². The predicted molar refractivity (Wildman–Crippen MR) is 78.0 cm³/mol. The molecule has 1 atom stereocenters. The van der Waals surface area contributed by atoms with E-state index in [1.165, 1.54) is 13.8 Å². The Morgan fingerprint density at radius 2 is 2.10 bits per heavy atom. The van der Waals surface area contributed by atoms with Crippen LogP contribution in [0.3, 0.4) is 0 Å². The summed E-state index contributed by atoms with van der Waals surface area (Å²) in [7, 11) is 0. The van der Waals surface area contributed by atoms with Crippen LogP contribution in [0.5, 0.6) is 0 Å². The summed E-state index contributed by atoms with van der Waals surface area (Å²) in [5.41, 5.74) is 0.606. The van der Waals surface area contributed by atoms with Gasteiger partial charge in [0.15, 0.2) is 10.4 Å². The fourth-order valence-electron chi connectivity index (χ4n) is 1.74. The Balaban J connectivity index is 2.94. The Morgan fingerprint density at radius 1 is 1.48 bits per heavy atom. The summed E-state index contributed by atoms with van der Waals surface area (Å²) >= 11 is 3.13. The minimum absolute atomic E-state index is 0.0731. The van der Waals surface area contributed by atoms with Crippen LogP contribution in [0, 0.1) is 6.92 Å². The van der Waals surface area contributed by atoms with Crippen molar-refractivity contribution in [2.45, 2.75) is 26.8 Å². The first-order chi connectivity index (χ1) is 9.73. The van der Waals surface area contributed by atoms with Gasteiger partial charge in [-0.15, -0.1) is 0 Å². The Bertz CT molecular complexity index is 555. The van der Waals surface area contributed by atoms with E-state index in [1.807, 2.05) is 0 Å². The average Bonchev–Trinajstić information content (AvgIpc) is 2.72. The van der Waals surface area contributed by atoms with Gasteiger partial charge in [-0.05, 0) is 35.8 Å². The van der Waals surface area contributed by atoms with Gasteiger partial charge < -0.3 is 19.7 Å². The van der Waals surface area contributed by atoms with Crippen molar-refractivity contribution in [1.82, 2.24) is 10.2 Å². The molecule has 0 radical (unpaired) electrons. The summed E-state index contributed by atoms with van der Waals surface area (Å²) in [5.74, 6) is -1.83. The summed E-state index contributed by atoms with van der Waals surface area (Å²) in [6.07, 6.45) is 0. The van der Waals surface area contributed by atoms with Crippen LogP contribution in [0.15, 0.2) is 15.2 Å². The molecule has 1 aromatic heterocycles. The number of carbonyl (C=O) groups excluding carboxylic acids is 2. The lowest BCUT2D eigenvalue weighted by Crippen LogP contribution is -2.46. The number of rotatable bonds is 6. The molecular weight excluding hydrogens is 344 g/mol. The largest absolute Gasteiger partial charge is 0.480 e. The van der Waals surface area contributed by atoms with E-state index in [4.69, 9.17) is 9.52 Å². The molecule has 0 fully saturated rings. The molecule has 1 unspecified atom stereocenters. The first-order valence-corrected chi connectivity index (χ1v) is 7.07. The van der Waals surface area contributed by atoms with Gasteiger partial charge in [0.1, 0.15) is 6.04 Å². The molecule has 2 amide bonds. The fraction of sp³-hybridized carbons (Fsp3) is 0.462. The van der Waals surface area contributed by atoms with Gasteiger partial charge in [-0.25, -0.2) is 4.79 Å². The first kappa shape index (κ1) is 17.2. The molecule has 21 heavy (non-hydrogen) atoms. The molecule has 1 aromatic rings. The number of carboxylic acids is 1. The Morgan fingerprint density at radius 3 is 2.52 bits per heavy atom. The van der Waals surface area contributed by atoms with Gasteiger partial charge in [0.05, 0.1) is 0 Å². The van der Waals surface area contributed by atoms with Gasteiger partial charge in [0.25, 0.3) is 5.91 Å². The maximum Gasteiger partial charge on any atom is 0.326 e. The number of amides is 2. The maximum absolute atomic E-state index is 12.4. The van der Waals surface area contributed by atoms with Crippen molar-refractivity contribution in [1.29, 1.82) is 0 Å². The molecule has 0 aliphatic heterocycles. The molecule has 8 heteroatoms. The van der Waals surface area contributed by atoms with Gasteiger partial charge in [0, 0.05) is 25.6 Å². The highest BCUT2D eigenvalue weighted by Crippen LogP contribution is 2.21. The van der Waals surface area contributed by atoms with Gasteiger partial charge in [-0.2, -0.15) is 0 Å². The SMILES string of the molecule is CC(=O)NCCN(C(=O)c1oc(Br)cc1C)C(C)C(=O)O. The predicted octanol–water partition coefficient (Wildman–Crippen LogP) is 1.40. The van der Waals surface area contributed by atoms with Gasteiger partial charge in [0.2, 0.25) is 5.91 Å². The van der Waals surface area contributed by atoms with Crippen LogP contribution in [0.2, 0.25) is 0 Å². The number of aliphatic carboxylic acids is 1. The number of carboxylic acid groups (broad SMARTS) is 1. The number of halogens is 1. The fourth-order valence-corrected chi connectivity index (χ4v) is 2.25. The second kappa shape index (κ2) is 7.26. The quantitative estimate of drug-likeness (QED) is 0.798. The topological polar surface area (TPSA) is 99.9 Å². The third kappa shape index (κ3) is 4.59. The molecule has 1 heterocycles. The molecule has 0 saturated heterocycles. The number of furan rings is 1. The Kier molecular flexibility index (Phi) is 5.95. The minimum Gasteiger partial charge on any atom is -0.480 e. The zero-order valence-corrected chi connectivity index (χ0v) is 13.6. The monoisotopic (exact) mass is 360 g/mol. The van der Waals surface area contributed by atoms with E-state index in [9.17, 15) is 14.4 Å². The van der Waals surface area contributed by atoms with E-state index in [-0.39, 0.29) is 24.8 Å². The van der Waals surface area contributed by atoms with Crippen LogP contribution in [-0.4, -0.2) is 46.9 Å². The van der Waals surface area contributed by atoms with Crippen LogP contribution < -0.4 is 5.32 Å². The normalized spacial score (nSPS) is 11.8. The number of aryl methyl sites for hydroxylation is 1. The number of hydrogen-bond acceptors (Lipinski definition) is 4. The third-order valence-electron chi connectivity index (χ3n) is 2.89. The molecule has 0 aromatic carbocycles. The summed E-state index contributed by atoms with van der Waals surface area (Å²) in [5, 5.41) is 11.6. The van der Waals surface area contributed by atoms with Crippen LogP contribution in [0.4, 0.5) is 0 Å². The van der Waals surface area contributed by atoms with Gasteiger partial charge in [-0.3, -0.25) is 9.59 Å². The molecular formula is C13H17BrN2O5. The molecule has 0 aliphatic carbocycles. The molecule has 0 bridgehead atoms. The zero-order chi connectivity index (χ0) is 16.2. The number of hydrogen-bond donors (Lipinski definition) is 2. The van der Waals surface area contributed by atoms with E-state index >= 15 is 0 Å². The van der Waals surface area contributed by atoms with E-state index < -0.39 is 17.9 Å². The second-order valence-electron chi connectivity index (χ2n) is 4.56. The van der Waals surface area contributed by atoms with Gasteiger partial charge >= 0.3 is 5.97 Å². The van der Waals surface area contributed by atoms with Crippen LogP contribution in [0.1, 0.15) is 30.0 Å². The second-order valence-corrected chi connectivity index (χ2v) is 5.34. The lowest BCUT2D eigenvalue weighted by atomic mass is 10.2. The Hall–Kier alpha value is -1.83. The minimum atomic E-state index is -1.13. The van der Waals surface area contributed by atoms with Crippen molar-refractivity contribution in [2.75, 3.05) is 13.1 Å². The molecule has 0 saturated carbocycles. The molecule has 0 spiro atoms. The standard InChI is InChI=1S/C13H17BrN2O5/c1-7-6-10(14)21-11(7)12(18)16(8(2)13(19)20)5-4-15-9(3)17/h6,8H,4-5H2,1-3H3,(H,15,17)(H,19,20). The summed E-state index contributed by atoms with van der Waals surface area (Å²) < 4.78 is 5.66. The van der Waals surface area contributed by atoms with Crippen LogP contribution in [0.25, 0.3) is 0 Å². The summed E-state index contributed by atoms with van der Waals surface area (Å²) in [6, 6.07) is 0.597. The summed E-state index contributed by atoms with van der Waals surface area (Å²) in [6.45, 7) is 4.68. The number of carbonyl (C=O) groups is 3. The van der Waals surface area contributed by atoms with E-state index in [0.29, 0.717) is 10.2 Å². The summed E-state index contributed by atoms with van der Waals surface area (Å²) in [4.78, 5) is 35.6. The zero-order valence-electron chi connectivity index (χ0n) is 12.0. The van der Waals surface area contributed by atoms with E-state index in [0.717, 1.165) is 4.90 Å². The highest BCUT2D eigenvalue weighted by molar-refractivity contribution is 9.10. The highest BCUT2D eigenvalue weighted by atomic mass is 79.9. The van der Waals surface area contributed by atoms with Gasteiger partial charge in [-0.1, -0.05) is 0 Å². The lowest BCUT2D eigenvalue weighted by Gasteiger charge is -2.25. The van der Waals surface area contributed by atoms with Crippen molar-refractivity contribution in [2.24, 2.45) is 0 Å². The van der Waals surface area contributed by atoms with E-state index in [2.05, 4.69) is 21.2 Å². The molecule has 0 aliphatic rings. The number of nitrogens with one attached hydrogen (secondary N) is 1. The Labute approximate surface area is 130 Å². The smallest absolute Gasteiger partial charge is 0.326 e. The van der Waals surface area contributed by atoms with Crippen molar-refractivity contribution in [3.8, 4) is 0 Å². The van der Waals surface area contributed by atoms with Crippen molar-refractivity contribution in [3.05, 3.63) is 22.1 Å². The molecule has 2 N–H and O–H groups in total. The maximum atomic E-state index is 12.4. The van der Waals surface area contributed by atoms with Crippen molar-refractivity contribution < 1.29 is 23.9 Å².